The van der Waals surface area contributed by atoms with Gasteiger partial charge in [-0.2, -0.15) is 0 Å². The molecule has 1 aromatic heterocycles. The molecule has 0 saturated carbocycles. The minimum atomic E-state index is -3.50. The van der Waals surface area contributed by atoms with Gasteiger partial charge in [0.25, 0.3) is 5.91 Å². The molecule has 0 fully saturated rings. The number of nitrogens with one attached hydrogen (secondary N) is 2. The lowest BCUT2D eigenvalue weighted by molar-refractivity contribution is -0.137. The number of hydrogen-bond acceptors (Lipinski definition) is 6. The van der Waals surface area contributed by atoms with Crippen molar-refractivity contribution in [2.75, 3.05) is 6.26 Å². The number of benzene rings is 1. The van der Waals surface area contributed by atoms with E-state index >= 15 is 0 Å². The molecule has 2 aromatic rings. The number of fused-ring (bicyclic) bond motifs is 1. The van der Waals surface area contributed by atoms with Gasteiger partial charge in [0.15, 0.2) is 9.84 Å². The third kappa shape index (κ3) is 7.49. The predicted octanol–water partition coefficient (Wildman–Crippen LogP) is 1.51. The van der Waals surface area contributed by atoms with Crippen LogP contribution in [-0.4, -0.2) is 54.6 Å². The van der Waals surface area contributed by atoms with Gasteiger partial charge >= 0.3 is 5.97 Å². The number of amides is 2. The first kappa shape index (κ1) is 24.0. The standard InChI is InChI=1S/C21H25N3O6S/c1-13(2)19(21(28)22-15(12-18(25)26)10-11-31(3,29)30)24-20(27)17-9-8-14-6-4-5-7-16(14)23-17/h4-11,13,15,19H,12H2,1-3H3,(H,22,28)(H,24,27)(H,25,26)/b11-10+/t15-,19-/m1/s1. The van der Waals surface area contributed by atoms with Crippen molar-refractivity contribution in [3.05, 3.63) is 53.6 Å². The van der Waals surface area contributed by atoms with Crippen LogP contribution in [0.25, 0.3) is 10.9 Å². The van der Waals surface area contributed by atoms with Crippen LogP contribution in [0.3, 0.4) is 0 Å². The van der Waals surface area contributed by atoms with Gasteiger partial charge in [0.05, 0.1) is 18.0 Å². The first-order valence-electron chi connectivity index (χ1n) is 9.53. The Kier molecular flexibility index (Phi) is 7.87. The topological polar surface area (TPSA) is 143 Å². The maximum atomic E-state index is 12.8. The number of nitrogens with zero attached hydrogens (tertiary/aromatic N) is 1. The lowest BCUT2D eigenvalue weighted by atomic mass is 10.0. The summed E-state index contributed by atoms with van der Waals surface area (Å²) in [5, 5.41) is 15.9. The van der Waals surface area contributed by atoms with E-state index in [1.54, 1.807) is 38.1 Å². The molecule has 2 atom stereocenters. The molecular weight excluding hydrogens is 422 g/mol. The van der Waals surface area contributed by atoms with Crippen LogP contribution >= 0.6 is 0 Å². The predicted molar refractivity (Wildman–Crippen MR) is 116 cm³/mol. The first-order chi connectivity index (χ1) is 14.5. The fourth-order valence-electron chi connectivity index (χ4n) is 2.81. The monoisotopic (exact) mass is 447 g/mol. The van der Waals surface area contributed by atoms with E-state index < -0.39 is 46.1 Å². The van der Waals surface area contributed by atoms with Gasteiger partial charge < -0.3 is 15.7 Å². The quantitative estimate of drug-likeness (QED) is 0.529. The molecule has 0 unspecified atom stereocenters. The summed E-state index contributed by atoms with van der Waals surface area (Å²) in [6.45, 7) is 3.44. The molecule has 10 heteroatoms. The van der Waals surface area contributed by atoms with Crippen LogP contribution in [0.2, 0.25) is 0 Å². The Morgan fingerprint density at radius 2 is 1.77 bits per heavy atom. The minimum Gasteiger partial charge on any atom is -0.481 e. The molecule has 9 nitrogen and oxygen atoms in total. The highest BCUT2D eigenvalue weighted by atomic mass is 32.2. The van der Waals surface area contributed by atoms with E-state index in [-0.39, 0.29) is 11.6 Å². The molecule has 1 heterocycles. The number of hydrogen-bond donors (Lipinski definition) is 3. The number of carboxylic acid groups (broad SMARTS) is 1. The number of carboxylic acids is 1. The lowest BCUT2D eigenvalue weighted by Gasteiger charge is -2.24. The van der Waals surface area contributed by atoms with Crippen LogP contribution in [0.15, 0.2) is 47.9 Å². The van der Waals surface area contributed by atoms with E-state index in [2.05, 4.69) is 15.6 Å². The Morgan fingerprint density at radius 3 is 2.39 bits per heavy atom. The molecule has 0 saturated heterocycles. The molecule has 31 heavy (non-hydrogen) atoms. The van der Waals surface area contributed by atoms with Crippen LogP contribution < -0.4 is 10.6 Å². The van der Waals surface area contributed by atoms with Gasteiger partial charge in [0.2, 0.25) is 5.91 Å². The molecule has 2 amide bonds. The van der Waals surface area contributed by atoms with Crippen molar-refractivity contribution >= 4 is 38.5 Å². The number of rotatable bonds is 9. The summed E-state index contributed by atoms with van der Waals surface area (Å²) in [6.07, 6.45) is 1.55. The van der Waals surface area contributed by atoms with Crippen LogP contribution in [0.5, 0.6) is 0 Å². The molecule has 0 aliphatic heterocycles. The zero-order chi connectivity index (χ0) is 23.2. The van der Waals surface area contributed by atoms with Gasteiger partial charge in [0, 0.05) is 17.1 Å². The SMILES string of the molecule is CC(C)[C@@H](NC(=O)c1ccc2ccccc2n1)C(=O)N[C@H](/C=C/S(C)(=O)=O)CC(=O)O. The Balaban J connectivity index is 2.18. The Bertz CT molecular complexity index is 1110. The molecule has 0 aliphatic rings. The Hall–Kier alpha value is -3.27. The molecule has 2 rings (SSSR count). The lowest BCUT2D eigenvalue weighted by Crippen LogP contribution is -2.52. The summed E-state index contributed by atoms with van der Waals surface area (Å²) < 4.78 is 22.7. The van der Waals surface area contributed by atoms with Gasteiger partial charge in [-0.3, -0.25) is 14.4 Å². The number of aliphatic carboxylic acids is 1. The first-order valence-corrected chi connectivity index (χ1v) is 11.5. The second-order valence-corrected chi connectivity index (χ2v) is 9.39. The largest absolute Gasteiger partial charge is 0.481 e. The number of para-hydroxylation sites is 1. The van der Waals surface area contributed by atoms with Gasteiger partial charge in [-0.05, 0) is 18.1 Å². The van der Waals surface area contributed by atoms with Gasteiger partial charge in [0.1, 0.15) is 11.7 Å². The fraction of sp³-hybridized carbons (Fsp3) is 0.333. The number of carbonyl (C=O) groups is 3. The number of sulfone groups is 1. The summed E-state index contributed by atoms with van der Waals surface area (Å²) in [5.41, 5.74) is 0.768. The van der Waals surface area contributed by atoms with Crippen LogP contribution in [0, 0.1) is 5.92 Å². The van der Waals surface area contributed by atoms with Crippen molar-refractivity contribution in [3.63, 3.8) is 0 Å². The van der Waals surface area contributed by atoms with Gasteiger partial charge in [-0.15, -0.1) is 0 Å². The highest BCUT2D eigenvalue weighted by Crippen LogP contribution is 2.12. The van der Waals surface area contributed by atoms with Crippen LogP contribution in [0.1, 0.15) is 30.8 Å². The maximum Gasteiger partial charge on any atom is 0.305 e. The van der Waals surface area contributed by atoms with Crippen molar-refractivity contribution in [1.29, 1.82) is 0 Å². The molecule has 0 bridgehead atoms. The highest BCUT2D eigenvalue weighted by molar-refractivity contribution is 7.93. The number of aromatic nitrogens is 1. The average Bonchev–Trinajstić information content (AvgIpc) is 2.68. The van der Waals surface area contributed by atoms with Crippen LogP contribution in [0.4, 0.5) is 0 Å². The molecule has 3 N–H and O–H groups in total. The van der Waals surface area contributed by atoms with E-state index in [4.69, 9.17) is 5.11 Å². The summed E-state index contributed by atoms with van der Waals surface area (Å²) in [4.78, 5) is 40.8. The van der Waals surface area contributed by atoms with Crippen molar-refractivity contribution in [2.24, 2.45) is 5.92 Å². The summed E-state index contributed by atoms with van der Waals surface area (Å²) >= 11 is 0. The molecular formula is C21H25N3O6S. The Morgan fingerprint density at radius 1 is 1.10 bits per heavy atom. The molecule has 0 aliphatic carbocycles. The van der Waals surface area contributed by atoms with Crippen molar-refractivity contribution < 1.29 is 27.9 Å². The van der Waals surface area contributed by atoms with E-state index in [1.165, 1.54) is 0 Å². The van der Waals surface area contributed by atoms with E-state index in [0.29, 0.717) is 5.52 Å². The van der Waals surface area contributed by atoms with Gasteiger partial charge in [-0.1, -0.05) is 44.2 Å². The van der Waals surface area contributed by atoms with E-state index in [1.807, 2.05) is 12.1 Å². The number of carbonyl (C=O) groups excluding carboxylic acids is 2. The molecule has 1 aromatic carbocycles. The summed E-state index contributed by atoms with van der Waals surface area (Å²) in [7, 11) is -3.50. The molecule has 166 valence electrons. The van der Waals surface area contributed by atoms with Crippen molar-refractivity contribution in [3.8, 4) is 0 Å². The zero-order valence-electron chi connectivity index (χ0n) is 17.4. The fourth-order valence-corrected chi connectivity index (χ4v) is 3.28. The summed E-state index contributed by atoms with van der Waals surface area (Å²) in [5.74, 6) is -2.72. The van der Waals surface area contributed by atoms with E-state index in [9.17, 15) is 22.8 Å². The zero-order valence-corrected chi connectivity index (χ0v) is 18.2. The number of pyridine rings is 1. The smallest absolute Gasteiger partial charge is 0.305 e. The van der Waals surface area contributed by atoms with Crippen molar-refractivity contribution in [1.82, 2.24) is 15.6 Å². The third-order valence-corrected chi connectivity index (χ3v) is 5.00. The second kappa shape index (κ2) is 10.2. The van der Waals surface area contributed by atoms with E-state index in [0.717, 1.165) is 23.1 Å². The second-order valence-electron chi connectivity index (χ2n) is 7.46. The molecule has 0 radical (unpaired) electrons. The summed E-state index contributed by atoms with van der Waals surface area (Å²) in [6, 6.07) is 8.54. The average molecular weight is 448 g/mol. The molecule has 0 spiro atoms. The minimum absolute atomic E-state index is 0.135. The maximum absolute atomic E-state index is 12.8. The Labute approximate surface area is 180 Å². The van der Waals surface area contributed by atoms with Crippen molar-refractivity contribution in [2.45, 2.75) is 32.4 Å². The van der Waals surface area contributed by atoms with Gasteiger partial charge in [-0.25, -0.2) is 13.4 Å². The highest BCUT2D eigenvalue weighted by Gasteiger charge is 2.27. The normalized spacial score (nSPS) is 13.8. The van der Waals surface area contributed by atoms with Crippen LogP contribution in [-0.2, 0) is 19.4 Å². The third-order valence-electron chi connectivity index (χ3n) is 4.35.